The highest BCUT2D eigenvalue weighted by Crippen LogP contribution is 2.15. The minimum absolute atomic E-state index is 0.0473. The fraction of sp³-hybridized carbons (Fsp3) is 0.333. The Morgan fingerprint density at radius 3 is 2.36 bits per heavy atom. The third kappa shape index (κ3) is 2.71. The molecule has 0 radical (unpaired) electrons. The molecule has 0 saturated carbocycles. The smallest absolute Gasteiger partial charge is 0.180 e. The van der Waals surface area contributed by atoms with Gasteiger partial charge >= 0.3 is 0 Å². The average molecular weight is 216 g/mol. The van der Waals surface area contributed by atoms with E-state index in [1.807, 2.05) is 0 Å². The van der Waals surface area contributed by atoms with E-state index in [0.29, 0.717) is 0 Å². The van der Waals surface area contributed by atoms with E-state index in [-0.39, 0.29) is 23.0 Å². The first-order valence-electron chi connectivity index (χ1n) is 4.07. The van der Waals surface area contributed by atoms with Crippen LogP contribution in [0, 0.1) is 0 Å². The fourth-order valence-corrected chi connectivity index (χ4v) is 2.14. The van der Waals surface area contributed by atoms with Crippen molar-refractivity contribution in [2.45, 2.75) is 4.90 Å². The number of phenols is 1. The first-order chi connectivity index (χ1) is 6.56. The number of hydrogen-bond acceptors (Lipinski definition) is 4. The van der Waals surface area contributed by atoms with E-state index in [1.54, 1.807) is 0 Å². The molecular formula is C9H12O4S. The predicted octanol–water partition coefficient (Wildman–Crippen LogP) is 0.812. The Balaban J connectivity index is 2.87. The third-order valence-corrected chi connectivity index (χ3v) is 3.45. The molecule has 78 valence electrons. The summed E-state index contributed by atoms with van der Waals surface area (Å²) in [6, 6.07) is 5.44. The van der Waals surface area contributed by atoms with Crippen molar-refractivity contribution in [3.8, 4) is 5.75 Å². The Morgan fingerprint density at radius 1 is 1.29 bits per heavy atom. The maximum Gasteiger partial charge on any atom is 0.180 e. The molecule has 1 rings (SSSR count). The molecule has 0 spiro atoms. The maximum absolute atomic E-state index is 11.5. The van der Waals surface area contributed by atoms with Crippen LogP contribution in [-0.2, 0) is 14.6 Å². The van der Waals surface area contributed by atoms with Gasteiger partial charge in [-0.05, 0) is 24.3 Å². The summed E-state index contributed by atoms with van der Waals surface area (Å²) in [5, 5.41) is 8.98. The monoisotopic (exact) mass is 216 g/mol. The van der Waals surface area contributed by atoms with E-state index in [4.69, 9.17) is 9.84 Å². The molecule has 0 aliphatic carbocycles. The molecule has 0 heterocycles. The van der Waals surface area contributed by atoms with Crippen LogP contribution in [-0.4, -0.2) is 33.0 Å². The molecule has 1 aromatic rings. The van der Waals surface area contributed by atoms with Crippen LogP contribution < -0.4 is 0 Å². The van der Waals surface area contributed by atoms with Gasteiger partial charge in [-0.15, -0.1) is 0 Å². The number of phenolic OH excluding ortho intramolecular Hbond substituents is 1. The van der Waals surface area contributed by atoms with Gasteiger partial charge in [0.25, 0.3) is 0 Å². The van der Waals surface area contributed by atoms with Crippen LogP contribution in [0.5, 0.6) is 5.75 Å². The second kappa shape index (κ2) is 4.43. The lowest BCUT2D eigenvalue weighted by molar-refractivity contribution is 0.217. The highest BCUT2D eigenvalue weighted by molar-refractivity contribution is 7.91. The highest BCUT2D eigenvalue weighted by atomic mass is 32.2. The summed E-state index contributed by atoms with van der Waals surface area (Å²) >= 11 is 0. The number of sulfone groups is 1. The number of hydrogen-bond donors (Lipinski definition) is 1. The average Bonchev–Trinajstić information content (AvgIpc) is 2.16. The minimum atomic E-state index is -3.28. The van der Waals surface area contributed by atoms with E-state index in [9.17, 15) is 8.42 Å². The molecule has 4 nitrogen and oxygen atoms in total. The lowest BCUT2D eigenvalue weighted by Gasteiger charge is -2.03. The number of benzene rings is 1. The standard InChI is InChI=1S/C9H12O4S/c1-13-6-7-14(11,12)9-4-2-8(10)3-5-9/h2-5,10H,6-7H2,1H3. The van der Waals surface area contributed by atoms with Crippen LogP contribution in [0.3, 0.4) is 0 Å². The topological polar surface area (TPSA) is 63.6 Å². The lowest BCUT2D eigenvalue weighted by atomic mass is 10.3. The van der Waals surface area contributed by atoms with Gasteiger partial charge in [-0.3, -0.25) is 0 Å². The van der Waals surface area contributed by atoms with Crippen LogP contribution in [0.2, 0.25) is 0 Å². The first-order valence-corrected chi connectivity index (χ1v) is 5.72. The Morgan fingerprint density at radius 2 is 1.86 bits per heavy atom. The molecule has 14 heavy (non-hydrogen) atoms. The second-order valence-corrected chi connectivity index (χ2v) is 4.91. The summed E-state index contributed by atoms with van der Waals surface area (Å²) in [6.45, 7) is 0.170. The van der Waals surface area contributed by atoms with Gasteiger partial charge in [-0.2, -0.15) is 0 Å². The molecule has 0 atom stereocenters. The van der Waals surface area contributed by atoms with Crippen molar-refractivity contribution < 1.29 is 18.3 Å². The van der Waals surface area contributed by atoms with Crippen molar-refractivity contribution in [2.75, 3.05) is 19.5 Å². The summed E-state index contributed by atoms with van der Waals surface area (Å²) < 4.78 is 27.8. The molecular weight excluding hydrogens is 204 g/mol. The second-order valence-electron chi connectivity index (χ2n) is 2.81. The SMILES string of the molecule is COCCS(=O)(=O)c1ccc(O)cc1. The van der Waals surface area contributed by atoms with Gasteiger partial charge in [0, 0.05) is 7.11 Å². The normalized spacial score (nSPS) is 11.5. The molecule has 0 bridgehead atoms. The molecule has 0 aliphatic heterocycles. The molecule has 0 aliphatic rings. The zero-order chi connectivity index (χ0) is 10.6. The number of ether oxygens (including phenoxy) is 1. The largest absolute Gasteiger partial charge is 0.508 e. The highest BCUT2D eigenvalue weighted by Gasteiger charge is 2.13. The van der Waals surface area contributed by atoms with Gasteiger partial charge < -0.3 is 9.84 Å². The van der Waals surface area contributed by atoms with Crippen molar-refractivity contribution >= 4 is 9.84 Å². The summed E-state index contributed by atoms with van der Waals surface area (Å²) in [5.41, 5.74) is 0. The molecule has 0 unspecified atom stereocenters. The molecule has 5 heteroatoms. The quantitative estimate of drug-likeness (QED) is 0.809. The van der Waals surface area contributed by atoms with Crippen LogP contribution in [0.4, 0.5) is 0 Å². The van der Waals surface area contributed by atoms with Gasteiger partial charge in [0.05, 0.1) is 17.3 Å². The van der Waals surface area contributed by atoms with Crippen LogP contribution in [0.15, 0.2) is 29.2 Å². The minimum Gasteiger partial charge on any atom is -0.508 e. The number of methoxy groups -OCH3 is 1. The van der Waals surface area contributed by atoms with Crippen molar-refractivity contribution in [3.05, 3.63) is 24.3 Å². The Bertz CT molecular complexity index is 380. The maximum atomic E-state index is 11.5. The fourth-order valence-electron chi connectivity index (χ4n) is 0.964. The van der Waals surface area contributed by atoms with Gasteiger partial charge in [0.15, 0.2) is 9.84 Å². The predicted molar refractivity (Wildman–Crippen MR) is 52.0 cm³/mol. The van der Waals surface area contributed by atoms with Gasteiger partial charge in [0.2, 0.25) is 0 Å². The Labute approximate surface area is 83.1 Å². The van der Waals surface area contributed by atoms with Crippen molar-refractivity contribution in [3.63, 3.8) is 0 Å². The van der Waals surface area contributed by atoms with Crippen LogP contribution in [0.1, 0.15) is 0 Å². The van der Waals surface area contributed by atoms with E-state index in [0.717, 1.165) is 0 Å². The molecule has 0 aromatic heterocycles. The van der Waals surface area contributed by atoms with Gasteiger partial charge in [-0.1, -0.05) is 0 Å². The van der Waals surface area contributed by atoms with Crippen LogP contribution in [0.25, 0.3) is 0 Å². The van der Waals surface area contributed by atoms with Gasteiger partial charge in [0.1, 0.15) is 5.75 Å². The lowest BCUT2D eigenvalue weighted by Crippen LogP contribution is -2.11. The first kappa shape index (κ1) is 11.0. The zero-order valence-electron chi connectivity index (χ0n) is 7.80. The molecule has 0 amide bonds. The summed E-state index contributed by atoms with van der Waals surface area (Å²) in [7, 11) is -1.82. The summed E-state index contributed by atoms with van der Waals surface area (Å²) in [5.74, 6) is 0.00422. The summed E-state index contributed by atoms with van der Waals surface area (Å²) in [6.07, 6.45) is 0. The Kier molecular flexibility index (Phi) is 3.49. The number of rotatable bonds is 4. The molecule has 0 saturated heterocycles. The van der Waals surface area contributed by atoms with Crippen molar-refractivity contribution in [1.29, 1.82) is 0 Å². The van der Waals surface area contributed by atoms with Crippen LogP contribution >= 0.6 is 0 Å². The van der Waals surface area contributed by atoms with E-state index >= 15 is 0 Å². The van der Waals surface area contributed by atoms with Crippen molar-refractivity contribution in [1.82, 2.24) is 0 Å². The van der Waals surface area contributed by atoms with E-state index < -0.39 is 9.84 Å². The van der Waals surface area contributed by atoms with E-state index in [1.165, 1.54) is 31.4 Å². The zero-order valence-corrected chi connectivity index (χ0v) is 8.62. The number of aromatic hydroxyl groups is 1. The van der Waals surface area contributed by atoms with Crippen molar-refractivity contribution in [2.24, 2.45) is 0 Å². The molecule has 1 aromatic carbocycles. The third-order valence-electron chi connectivity index (χ3n) is 1.75. The molecule has 1 N–H and O–H groups in total. The Hall–Kier alpha value is -1.07. The van der Waals surface area contributed by atoms with E-state index in [2.05, 4.69) is 0 Å². The van der Waals surface area contributed by atoms with Gasteiger partial charge in [-0.25, -0.2) is 8.42 Å². The summed E-state index contributed by atoms with van der Waals surface area (Å²) in [4.78, 5) is 0.201. The molecule has 0 fully saturated rings.